The number of benzene rings is 1. The molecular weight excluding hydrogens is 515 g/mol. The topological polar surface area (TPSA) is 99.4 Å². The first-order chi connectivity index (χ1) is 16.8. The van der Waals surface area contributed by atoms with Gasteiger partial charge in [0.05, 0.1) is 17.7 Å². The van der Waals surface area contributed by atoms with E-state index in [-0.39, 0.29) is 35.1 Å². The van der Waals surface area contributed by atoms with Crippen molar-refractivity contribution >= 4 is 42.0 Å². The van der Waals surface area contributed by atoms with E-state index in [0.29, 0.717) is 40.5 Å². The van der Waals surface area contributed by atoms with Crippen molar-refractivity contribution in [3.8, 4) is 11.5 Å². The molecule has 9 heteroatoms. The molecule has 0 bridgehead atoms. The number of aliphatic carboxylic acids is 1. The molecule has 0 spiro atoms. The number of methoxy groups -OCH3 is 1. The largest absolute Gasteiger partial charge is 0.507 e. The number of carboxylic acid groups (broad SMARTS) is 1. The van der Waals surface area contributed by atoms with Crippen molar-refractivity contribution in [1.29, 1.82) is 0 Å². The minimum absolute atomic E-state index is 0. The quantitative estimate of drug-likeness (QED) is 0.281. The van der Waals surface area contributed by atoms with Gasteiger partial charge in [-0.05, 0) is 64.1 Å². The monoisotopic (exact) mass is 554 g/mol. The Balaban J connectivity index is 0.00000684. The fourth-order valence-electron chi connectivity index (χ4n) is 4.77. The lowest BCUT2D eigenvalue weighted by Crippen LogP contribution is -2.42. The van der Waals surface area contributed by atoms with Crippen LogP contribution in [0, 0.1) is 24.2 Å². The van der Waals surface area contributed by atoms with Gasteiger partial charge < -0.3 is 14.9 Å². The van der Waals surface area contributed by atoms with Crippen LogP contribution >= 0.6 is 24.0 Å². The van der Waals surface area contributed by atoms with Crippen molar-refractivity contribution in [1.82, 2.24) is 4.90 Å². The fourth-order valence-corrected chi connectivity index (χ4v) is 5.06. The average molecular weight is 556 g/mol. The van der Waals surface area contributed by atoms with Crippen LogP contribution in [0.4, 0.5) is 0 Å². The van der Waals surface area contributed by atoms with Gasteiger partial charge in [-0.15, -0.1) is 12.4 Å². The van der Waals surface area contributed by atoms with Crippen LogP contribution in [0.1, 0.15) is 62.0 Å². The Morgan fingerprint density at radius 1 is 1.35 bits per heavy atom. The second-order valence-corrected chi connectivity index (χ2v) is 10.5. The van der Waals surface area contributed by atoms with E-state index in [9.17, 15) is 19.8 Å². The molecule has 37 heavy (non-hydrogen) atoms. The number of aldehydes is 1. The number of hydrogen-bond acceptors (Lipinski definition) is 6. The number of carboxylic acids is 1. The molecule has 0 aromatic heterocycles. The zero-order valence-electron chi connectivity index (χ0n) is 23.0. The van der Waals surface area contributed by atoms with Crippen molar-refractivity contribution in [3.63, 3.8) is 0 Å². The van der Waals surface area contributed by atoms with Gasteiger partial charge in [0.15, 0.2) is 12.5 Å². The summed E-state index contributed by atoms with van der Waals surface area (Å²) in [7, 11) is 4.92. The summed E-state index contributed by atoms with van der Waals surface area (Å²) < 4.78 is 5.43. The molecule has 0 heterocycles. The lowest BCUT2D eigenvalue weighted by Gasteiger charge is -2.44. The number of halogens is 2. The first-order valence-corrected chi connectivity index (χ1v) is 12.5. The maximum absolute atomic E-state index is 11.7. The molecule has 206 valence electrons. The Bertz CT molecular complexity index is 1100. The van der Waals surface area contributed by atoms with Gasteiger partial charge in [-0.1, -0.05) is 56.2 Å². The molecule has 1 aliphatic carbocycles. The van der Waals surface area contributed by atoms with Crippen molar-refractivity contribution in [2.45, 2.75) is 60.0 Å². The highest BCUT2D eigenvalue weighted by Gasteiger charge is 2.41. The van der Waals surface area contributed by atoms with Crippen molar-refractivity contribution in [2.24, 2.45) is 22.2 Å². The molecular formula is C28H40Cl2N2O5. The number of nitrogens with zero attached hydrogens (tertiary/aromatic N) is 2. The molecule has 0 saturated heterocycles. The summed E-state index contributed by atoms with van der Waals surface area (Å²) in [6.07, 6.45) is 7.94. The number of hydrogen-bond donors (Lipinski definition) is 2. The van der Waals surface area contributed by atoms with Gasteiger partial charge in [-0.3, -0.25) is 14.7 Å². The summed E-state index contributed by atoms with van der Waals surface area (Å²) >= 11 is 6.39. The van der Waals surface area contributed by atoms with E-state index in [1.54, 1.807) is 25.9 Å². The van der Waals surface area contributed by atoms with Gasteiger partial charge in [-0.2, -0.15) is 0 Å². The number of ether oxygens (including phenoxy) is 1. The number of aliphatic imine (C=N–C) groups is 1. The first-order valence-electron chi connectivity index (χ1n) is 12.1. The molecule has 0 radical (unpaired) electrons. The lowest BCUT2D eigenvalue weighted by atomic mass is 9.61. The number of phenolic OH excluding ortho intramolecular Hbond substituents is 1. The van der Waals surface area contributed by atoms with E-state index >= 15 is 0 Å². The van der Waals surface area contributed by atoms with E-state index in [0.717, 1.165) is 24.1 Å². The van der Waals surface area contributed by atoms with Gasteiger partial charge in [0, 0.05) is 17.2 Å². The Kier molecular flexibility index (Phi) is 11.9. The summed E-state index contributed by atoms with van der Waals surface area (Å²) in [6.45, 7) is 10.2. The molecule has 0 aliphatic heterocycles. The van der Waals surface area contributed by atoms with Crippen molar-refractivity contribution in [2.75, 3.05) is 21.2 Å². The Labute approximate surface area is 231 Å². The van der Waals surface area contributed by atoms with Crippen LogP contribution in [0.15, 0.2) is 28.8 Å². The van der Waals surface area contributed by atoms with E-state index in [1.807, 2.05) is 13.0 Å². The van der Waals surface area contributed by atoms with Crippen molar-refractivity contribution in [3.05, 3.63) is 45.5 Å². The zero-order chi connectivity index (χ0) is 27.4. The summed E-state index contributed by atoms with van der Waals surface area (Å²) in [5, 5.41) is 20.6. The molecule has 7 nitrogen and oxygen atoms in total. The third-order valence-electron chi connectivity index (χ3n) is 7.73. The minimum Gasteiger partial charge on any atom is -0.507 e. The van der Waals surface area contributed by atoms with Crippen LogP contribution < -0.4 is 4.74 Å². The minimum atomic E-state index is -0.957. The second-order valence-electron chi connectivity index (χ2n) is 10.1. The summed E-state index contributed by atoms with van der Waals surface area (Å²) in [5.41, 5.74) is 2.80. The van der Waals surface area contributed by atoms with E-state index in [2.05, 4.69) is 37.9 Å². The van der Waals surface area contributed by atoms with Crippen LogP contribution in [0.2, 0.25) is 5.02 Å². The molecule has 2 rings (SSSR count). The molecule has 1 saturated carbocycles. The lowest BCUT2D eigenvalue weighted by molar-refractivity contribution is -0.141. The van der Waals surface area contributed by atoms with E-state index < -0.39 is 12.1 Å². The van der Waals surface area contributed by atoms with Crippen molar-refractivity contribution < 1.29 is 24.5 Å². The van der Waals surface area contributed by atoms with Gasteiger partial charge in [0.25, 0.3) is 0 Å². The fraction of sp³-hybridized carbons (Fsp3) is 0.536. The molecule has 1 aromatic carbocycles. The third-order valence-corrected chi connectivity index (χ3v) is 8.18. The van der Waals surface area contributed by atoms with Crippen LogP contribution in [0.25, 0.3) is 0 Å². The highest BCUT2D eigenvalue weighted by atomic mass is 35.5. The maximum Gasteiger partial charge on any atom is 0.343 e. The number of rotatable bonds is 9. The molecule has 2 N–H and O–H groups in total. The molecule has 1 fully saturated rings. The summed E-state index contributed by atoms with van der Waals surface area (Å²) in [5.74, 6) is -0.257. The Hall–Kier alpha value is -2.35. The Morgan fingerprint density at radius 2 is 1.97 bits per heavy atom. The van der Waals surface area contributed by atoms with Crippen LogP contribution in [0.5, 0.6) is 11.5 Å². The third kappa shape index (κ3) is 6.95. The number of allylic oxidation sites excluding steroid dienone is 4. The predicted molar refractivity (Wildman–Crippen MR) is 152 cm³/mol. The number of likely N-dealkylation sites (N-methyl/N-ethyl adjacent to an activating group) is 1. The van der Waals surface area contributed by atoms with Gasteiger partial charge in [-0.25, -0.2) is 4.79 Å². The van der Waals surface area contributed by atoms with Gasteiger partial charge in [0.2, 0.25) is 0 Å². The SMILES string of the molecule is COc1c(Cl)c(C)c(C=O)c(O)c1C/C=C(C)/C=C/[C@@]1(C)[C@H](C)CC/C(=N\C(C(=O)O)N(C)C)[C@@H]1C.Cl. The van der Waals surface area contributed by atoms with Gasteiger partial charge >= 0.3 is 5.97 Å². The van der Waals surface area contributed by atoms with Gasteiger partial charge in [0.1, 0.15) is 11.5 Å². The standard InChI is InChI=1S/C28H39ClN2O5.ClH/c1-16(9-11-20-24(33)21(15-32)18(3)23(29)25(20)36-8)13-14-28(5)17(2)10-12-22(19(28)4)30-26(27(34)35)31(6)7;/h9,13-15,17,19,26,33H,10-12H2,1-8H3,(H,34,35);1H/b14-13+,16-9+,30-22+;/t17-,19+,26?,28+;/m1./s1. The molecule has 4 atom stereocenters. The Morgan fingerprint density at radius 3 is 2.49 bits per heavy atom. The maximum atomic E-state index is 11.7. The molecule has 1 aliphatic rings. The van der Waals surface area contributed by atoms with E-state index in [1.165, 1.54) is 7.11 Å². The zero-order valence-corrected chi connectivity index (χ0v) is 24.5. The summed E-state index contributed by atoms with van der Waals surface area (Å²) in [4.78, 5) is 29.4. The van der Waals surface area contributed by atoms with Crippen LogP contribution in [0.3, 0.4) is 0 Å². The number of carbonyl (C=O) groups excluding carboxylic acids is 1. The number of carbonyl (C=O) groups is 2. The predicted octanol–water partition coefficient (Wildman–Crippen LogP) is 6.13. The molecule has 1 aromatic rings. The average Bonchev–Trinajstić information content (AvgIpc) is 2.82. The highest BCUT2D eigenvalue weighted by Crippen LogP contribution is 2.45. The molecule has 1 unspecified atom stereocenters. The second kappa shape index (κ2) is 13.4. The summed E-state index contributed by atoms with van der Waals surface area (Å²) in [6, 6.07) is 0. The highest BCUT2D eigenvalue weighted by molar-refractivity contribution is 6.33. The van der Waals surface area contributed by atoms with Crippen LogP contribution in [-0.2, 0) is 11.2 Å². The molecule has 0 amide bonds. The number of aromatic hydroxyl groups is 1. The number of phenols is 1. The van der Waals surface area contributed by atoms with E-state index in [4.69, 9.17) is 16.3 Å². The first kappa shape index (κ1) is 32.7. The van der Waals surface area contributed by atoms with Crippen LogP contribution in [-0.4, -0.2) is 60.5 Å². The smallest absolute Gasteiger partial charge is 0.343 e. The normalized spacial score (nSPS) is 24.3.